The first kappa shape index (κ1) is 19.8. The molecule has 0 aliphatic heterocycles. The Labute approximate surface area is 168 Å². The maximum Gasteiger partial charge on any atom is 0.336 e. The van der Waals surface area contributed by atoms with Crippen LogP contribution in [0.3, 0.4) is 0 Å². The van der Waals surface area contributed by atoms with Crippen LogP contribution in [0.15, 0.2) is 84.1 Å². The summed E-state index contributed by atoms with van der Waals surface area (Å²) in [5.41, 5.74) is 2.61. The molecule has 2 aromatic carbocycles. The molecule has 0 heterocycles. The van der Waals surface area contributed by atoms with Gasteiger partial charge in [-0.15, -0.1) is 0 Å². The molecule has 0 fully saturated rings. The molecule has 1 aliphatic rings. The summed E-state index contributed by atoms with van der Waals surface area (Å²) in [5, 5.41) is 14.8. The van der Waals surface area contributed by atoms with Crippen molar-refractivity contribution >= 4 is 23.5 Å². The van der Waals surface area contributed by atoms with Crippen molar-refractivity contribution in [1.82, 2.24) is 5.32 Å². The number of allylic oxidation sites excluding steroid dienone is 4. The highest BCUT2D eigenvalue weighted by Gasteiger charge is 2.17. The van der Waals surface area contributed by atoms with Gasteiger partial charge >= 0.3 is 5.97 Å². The van der Waals surface area contributed by atoms with Crippen molar-refractivity contribution in [3.8, 4) is 0 Å². The molecule has 0 saturated carbocycles. The van der Waals surface area contributed by atoms with Crippen LogP contribution < -0.4 is 10.6 Å². The first-order chi connectivity index (χ1) is 13.9. The number of amides is 2. The highest BCUT2D eigenvalue weighted by Crippen LogP contribution is 2.16. The summed E-state index contributed by atoms with van der Waals surface area (Å²) in [7, 11) is 0. The van der Waals surface area contributed by atoms with Crippen molar-refractivity contribution in [3.05, 3.63) is 101 Å². The molecule has 3 N–H and O–H groups in total. The Morgan fingerprint density at radius 1 is 0.897 bits per heavy atom. The van der Waals surface area contributed by atoms with Gasteiger partial charge in [0.25, 0.3) is 11.8 Å². The number of aryl methyl sites for hydroxylation is 1. The van der Waals surface area contributed by atoms with Crippen LogP contribution in [0.2, 0.25) is 0 Å². The molecule has 146 valence electrons. The van der Waals surface area contributed by atoms with E-state index in [4.69, 9.17) is 0 Å². The zero-order valence-electron chi connectivity index (χ0n) is 15.8. The lowest BCUT2D eigenvalue weighted by Crippen LogP contribution is -2.25. The number of aromatic carboxylic acids is 1. The van der Waals surface area contributed by atoms with Gasteiger partial charge in [-0.25, -0.2) is 4.79 Å². The van der Waals surface area contributed by atoms with Crippen LogP contribution in [0.4, 0.5) is 5.69 Å². The molecule has 29 heavy (non-hydrogen) atoms. The van der Waals surface area contributed by atoms with Crippen molar-refractivity contribution in [2.24, 2.45) is 0 Å². The van der Waals surface area contributed by atoms with Crippen LogP contribution in [0, 0.1) is 6.92 Å². The third-order valence-electron chi connectivity index (χ3n) is 4.34. The van der Waals surface area contributed by atoms with Crippen LogP contribution in [-0.4, -0.2) is 22.9 Å². The van der Waals surface area contributed by atoms with E-state index in [0.717, 1.165) is 5.56 Å². The molecule has 6 nitrogen and oxygen atoms in total. The van der Waals surface area contributed by atoms with Crippen molar-refractivity contribution in [2.75, 3.05) is 5.32 Å². The molecule has 0 bridgehead atoms. The van der Waals surface area contributed by atoms with E-state index in [9.17, 15) is 19.5 Å². The van der Waals surface area contributed by atoms with Crippen LogP contribution in [0.1, 0.15) is 32.7 Å². The lowest BCUT2D eigenvalue weighted by atomic mass is 10.1. The minimum absolute atomic E-state index is 0.0492. The molecule has 2 aromatic rings. The second-order valence-corrected chi connectivity index (χ2v) is 6.55. The number of hydrogen-bond acceptors (Lipinski definition) is 3. The van der Waals surface area contributed by atoms with Gasteiger partial charge in [0.05, 0.1) is 11.1 Å². The van der Waals surface area contributed by atoms with Gasteiger partial charge in [0.1, 0.15) is 0 Å². The fraction of sp³-hybridized carbons (Fsp3) is 0.0870. The normalized spacial score (nSPS) is 13.0. The molecule has 0 radical (unpaired) electrons. The first-order valence-corrected chi connectivity index (χ1v) is 9.03. The van der Waals surface area contributed by atoms with E-state index in [1.54, 1.807) is 30.4 Å². The topological polar surface area (TPSA) is 95.5 Å². The summed E-state index contributed by atoms with van der Waals surface area (Å²) in [5.74, 6) is -2.01. The van der Waals surface area contributed by atoms with Gasteiger partial charge in [0.2, 0.25) is 0 Å². The maximum atomic E-state index is 12.6. The van der Waals surface area contributed by atoms with E-state index in [2.05, 4.69) is 10.6 Å². The third kappa shape index (κ3) is 5.07. The number of benzene rings is 2. The number of carboxylic acid groups (broad SMARTS) is 1. The van der Waals surface area contributed by atoms with E-state index in [1.165, 1.54) is 12.1 Å². The van der Waals surface area contributed by atoms with Gasteiger partial charge in [-0.1, -0.05) is 42.0 Å². The average molecular weight is 388 g/mol. The van der Waals surface area contributed by atoms with E-state index < -0.39 is 11.9 Å². The third-order valence-corrected chi connectivity index (χ3v) is 4.34. The van der Waals surface area contributed by atoms with Crippen LogP contribution in [-0.2, 0) is 4.79 Å². The van der Waals surface area contributed by atoms with Crippen LogP contribution in [0.5, 0.6) is 0 Å². The van der Waals surface area contributed by atoms with Gasteiger partial charge in [-0.3, -0.25) is 9.59 Å². The standard InChI is InChI=1S/C23H20N2O4/c1-15-10-12-17(13-11-15)24-21(26)16-6-2-3-7-18(14-16)25-22(27)19-8-4-5-9-20(19)23(28)29/h2-5,7-14H,6H2,1H3,(H,24,26)(H,25,27)(H,28,29). The summed E-state index contributed by atoms with van der Waals surface area (Å²) in [4.78, 5) is 36.5. The number of carboxylic acids is 1. The number of carbonyl (C=O) groups is 3. The molecule has 2 amide bonds. The summed E-state index contributed by atoms with van der Waals surface area (Å²) >= 11 is 0. The predicted molar refractivity (Wildman–Crippen MR) is 111 cm³/mol. The summed E-state index contributed by atoms with van der Waals surface area (Å²) < 4.78 is 0. The summed E-state index contributed by atoms with van der Waals surface area (Å²) in [6, 6.07) is 13.4. The van der Waals surface area contributed by atoms with E-state index >= 15 is 0 Å². The Morgan fingerprint density at radius 3 is 2.28 bits per heavy atom. The molecule has 1 aliphatic carbocycles. The van der Waals surface area contributed by atoms with Crippen LogP contribution >= 0.6 is 0 Å². The zero-order valence-corrected chi connectivity index (χ0v) is 15.8. The zero-order chi connectivity index (χ0) is 20.8. The molecule has 0 saturated heterocycles. The van der Waals surface area contributed by atoms with E-state index in [-0.39, 0.29) is 17.0 Å². The van der Waals surface area contributed by atoms with Crippen molar-refractivity contribution in [1.29, 1.82) is 0 Å². The van der Waals surface area contributed by atoms with Crippen molar-refractivity contribution in [2.45, 2.75) is 13.3 Å². The second-order valence-electron chi connectivity index (χ2n) is 6.55. The van der Waals surface area contributed by atoms with Gasteiger partial charge in [0.15, 0.2) is 0 Å². The largest absolute Gasteiger partial charge is 0.478 e. The summed E-state index contributed by atoms with van der Waals surface area (Å²) in [6.07, 6.45) is 7.20. The average Bonchev–Trinajstić information content (AvgIpc) is 2.95. The lowest BCUT2D eigenvalue weighted by molar-refractivity contribution is -0.112. The SMILES string of the molecule is Cc1ccc(NC(=O)C2=CC(NC(=O)c3ccccc3C(=O)O)=CC=CC2)cc1. The van der Waals surface area contributed by atoms with E-state index in [0.29, 0.717) is 23.4 Å². The van der Waals surface area contributed by atoms with Crippen LogP contribution in [0.25, 0.3) is 0 Å². The monoisotopic (exact) mass is 388 g/mol. The smallest absolute Gasteiger partial charge is 0.336 e. The molecule has 0 unspecified atom stereocenters. The number of nitrogens with one attached hydrogen (secondary N) is 2. The summed E-state index contributed by atoms with van der Waals surface area (Å²) in [6.45, 7) is 1.96. The quantitative estimate of drug-likeness (QED) is 0.725. The number of carbonyl (C=O) groups excluding carboxylic acids is 2. The van der Waals surface area contributed by atoms with Gasteiger partial charge in [-0.05, 0) is 49.8 Å². The number of anilines is 1. The maximum absolute atomic E-state index is 12.6. The Bertz CT molecular complexity index is 1050. The van der Waals surface area contributed by atoms with Crippen molar-refractivity contribution < 1.29 is 19.5 Å². The first-order valence-electron chi connectivity index (χ1n) is 9.03. The number of rotatable bonds is 5. The fourth-order valence-corrected chi connectivity index (χ4v) is 2.81. The Balaban J connectivity index is 1.77. The molecule has 0 spiro atoms. The van der Waals surface area contributed by atoms with Gasteiger partial charge < -0.3 is 15.7 Å². The minimum Gasteiger partial charge on any atom is -0.478 e. The second kappa shape index (κ2) is 8.84. The van der Waals surface area contributed by atoms with E-state index in [1.807, 2.05) is 37.3 Å². The molecular formula is C23H20N2O4. The molecule has 0 aromatic heterocycles. The minimum atomic E-state index is -1.18. The fourth-order valence-electron chi connectivity index (χ4n) is 2.81. The highest BCUT2D eigenvalue weighted by atomic mass is 16.4. The Kier molecular flexibility index (Phi) is 6.04. The molecular weight excluding hydrogens is 368 g/mol. The Hall–Kier alpha value is -3.93. The lowest BCUT2D eigenvalue weighted by Gasteiger charge is -2.10. The van der Waals surface area contributed by atoms with Gasteiger partial charge in [0, 0.05) is 17.0 Å². The molecule has 6 heteroatoms. The highest BCUT2D eigenvalue weighted by molar-refractivity contribution is 6.06. The predicted octanol–water partition coefficient (Wildman–Crippen LogP) is 3.83. The van der Waals surface area contributed by atoms with Gasteiger partial charge in [-0.2, -0.15) is 0 Å². The van der Waals surface area contributed by atoms with Crippen molar-refractivity contribution in [3.63, 3.8) is 0 Å². The molecule has 3 rings (SSSR count). The Morgan fingerprint density at radius 2 is 1.59 bits per heavy atom. The number of hydrogen-bond donors (Lipinski definition) is 3. The molecule has 0 atom stereocenters.